The lowest BCUT2D eigenvalue weighted by molar-refractivity contribution is -0.136. The molecule has 1 aromatic heterocycles. The van der Waals surface area contributed by atoms with Gasteiger partial charge < -0.3 is 4.90 Å². The summed E-state index contributed by atoms with van der Waals surface area (Å²) >= 11 is 1.28. The fraction of sp³-hybridized carbons (Fsp3) is 0.235. The van der Waals surface area contributed by atoms with E-state index in [0.717, 1.165) is 0 Å². The quantitative estimate of drug-likeness (QED) is 0.745. The van der Waals surface area contributed by atoms with Crippen LogP contribution in [0.2, 0.25) is 0 Å². The summed E-state index contributed by atoms with van der Waals surface area (Å²) in [6.45, 7) is 0.189. The number of amides is 3. The summed E-state index contributed by atoms with van der Waals surface area (Å²) in [6, 6.07) is 5.48. The molecule has 1 aromatic carbocycles. The Morgan fingerprint density at radius 1 is 1.19 bits per heavy atom. The van der Waals surface area contributed by atoms with Crippen molar-refractivity contribution in [1.29, 1.82) is 0 Å². The molecule has 2 N–H and O–H groups in total. The molecular weight excluding hydrogens is 390 g/mol. The highest BCUT2D eigenvalue weighted by Gasteiger charge is 2.39. The number of hydrogen-bond acceptors (Lipinski definition) is 6. The molecule has 140 valence electrons. The van der Waals surface area contributed by atoms with E-state index in [4.69, 9.17) is 0 Å². The number of hydrogen-bond donors (Lipinski definition) is 2. The average molecular weight is 405 g/mol. The van der Waals surface area contributed by atoms with E-state index in [2.05, 4.69) is 10.0 Å². The van der Waals surface area contributed by atoms with Gasteiger partial charge in [-0.3, -0.25) is 24.4 Å². The molecule has 1 unspecified atom stereocenters. The Balaban J connectivity index is 1.56. The van der Waals surface area contributed by atoms with Gasteiger partial charge in [0, 0.05) is 29.6 Å². The van der Waals surface area contributed by atoms with Crippen molar-refractivity contribution in [3.8, 4) is 0 Å². The Morgan fingerprint density at radius 2 is 2.00 bits per heavy atom. The zero-order valence-corrected chi connectivity index (χ0v) is 15.6. The zero-order valence-electron chi connectivity index (χ0n) is 14.0. The fourth-order valence-corrected chi connectivity index (χ4v) is 5.34. The molecule has 27 heavy (non-hydrogen) atoms. The van der Waals surface area contributed by atoms with Crippen molar-refractivity contribution in [2.24, 2.45) is 0 Å². The Morgan fingerprint density at radius 3 is 2.70 bits per heavy atom. The predicted octanol–water partition coefficient (Wildman–Crippen LogP) is 1.31. The van der Waals surface area contributed by atoms with Crippen LogP contribution in [0.3, 0.4) is 0 Å². The highest BCUT2D eigenvalue weighted by molar-refractivity contribution is 7.92. The van der Waals surface area contributed by atoms with Crippen molar-refractivity contribution in [2.75, 3.05) is 4.72 Å². The minimum absolute atomic E-state index is 0.175. The zero-order chi connectivity index (χ0) is 19.2. The maximum absolute atomic E-state index is 12.6. The van der Waals surface area contributed by atoms with Crippen LogP contribution in [0.4, 0.5) is 5.69 Å². The van der Waals surface area contributed by atoms with Crippen LogP contribution in [0.25, 0.3) is 0 Å². The maximum atomic E-state index is 12.6. The molecular formula is C17H15N3O5S2. The first-order chi connectivity index (χ1) is 12.8. The number of sulfonamides is 1. The van der Waals surface area contributed by atoms with Gasteiger partial charge in [-0.25, -0.2) is 8.42 Å². The van der Waals surface area contributed by atoms with Gasteiger partial charge in [0.05, 0.1) is 4.90 Å². The summed E-state index contributed by atoms with van der Waals surface area (Å²) in [6.07, 6.45) is 0.463. The van der Waals surface area contributed by atoms with Crippen LogP contribution in [0.15, 0.2) is 39.9 Å². The fourth-order valence-electron chi connectivity index (χ4n) is 3.26. The first kappa shape index (κ1) is 17.7. The van der Waals surface area contributed by atoms with E-state index < -0.39 is 22.0 Å². The Labute approximate surface area is 159 Å². The molecule has 3 amide bonds. The van der Waals surface area contributed by atoms with E-state index in [1.54, 1.807) is 17.5 Å². The highest BCUT2D eigenvalue weighted by atomic mass is 32.2. The number of nitrogens with zero attached hydrogens (tertiary/aromatic N) is 1. The largest absolute Gasteiger partial charge is 0.322 e. The number of imide groups is 1. The molecule has 10 heteroatoms. The van der Waals surface area contributed by atoms with Crippen molar-refractivity contribution in [1.82, 2.24) is 10.2 Å². The molecule has 3 heterocycles. The molecule has 1 atom stereocenters. The van der Waals surface area contributed by atoms with Crippen LogP contribution in [0, 0.1) is 0 Å². The summed E-state index contributed by atoms with van der Waals surface area (Å²) < 4.78 is 27.2. The van der Waals surface area contributed by atoms with Crippen LogP contribution >= 0.6 is 11.3 Å². The third-order valence-corrected chi connectivity index (χ3v) is 6.79. The SMILES string of the molecule is O=C1CCC(N2Cc3cc(NS(=O)(=O)c4ccsc4)ccc3C2=O)C(=O)N1. The lowest BCUT2D eigenvalue weighted by Gasteiger charge is -2.29. The van der Waals surface area contributed by atoms with Crippen LogP contribution in [0.5, 0.6) is 0 Å². The number of benzene rings is 1. The van der Waals surface area contributed by atoms with Crippen LogP contribution in [-0.2, 0) is 26.2 Å². The van der Waals surface area contributed by atoms with E-state index in [-0.39, 0.29) is 36.1 Å². The summed E-state index contributed by atoms with van der Waals surface area (Å²) in [7, 11) is -3.69. The molecule has 8 nitrogen and oxygen atoms in total. The topological polar surface area (TPSA) is 113 Å². The summed E-state index contributed by atoms with van der Waals surface area (Å²) in [5, 5.41) is 5.46. The van der Waals surface area contributed by atoms with E-state index in [1.807, 2.05) is 0 Å². The van der Waals surface area contributed by atoms with E-state index in [1.165, 1.54) is 33.7 Å². The molecule has 2 aromatic rings. The smallest absolute Gasteiger partial charge is 0.262 e. The third kappa shape index (κ3) is 3.21. The monoisotopic (exact) mass is 405 g/mol. The summed E-state index contributed by atoms with van der Waals surface area (Å²) in [5.74, 6) is -1.12. The van der Waals surface area contributed by atoms with Gasteiger partial charge in [-0.1, -0.05) is 0 Å². The Kier molecular flexibility index (Phi) is 4.23. The van der Waals surface area contributed by atoms with Crippen molar-refractivity contribution in [3.05, 3.63) is 46.2 Å². The van der Waals surface area contributed by atoms with E-state index in [0.29, 0.717) is 16.8 Å². The number of carbonyl (C=O) groups excluding carboxylic acids is 3. The molecule has 0 bridgehead atoms. The van der Waals surface area contributed by atoms with Crippen molar-refractivity contribution < 1.29 is 22.8 Å². The molecule has 0 spiro atoms. The Bertz CT molecular complexity index is 1050. The number of nitrogens with one attached hydrogen (secondary N) is 2. The van der Waals surface area contributed by atoms with Gasteiger partial charge in [-0.05, 0) is 41.6 Å². The van der Waals surface area contributed by atoms with Crippen molar-refractivity contribution in [3.63, 3.8) is 0 Å². The number of fused-ring (bicyclic) bond motifs is 1. The normalized spacial score (nSPS) is 19.8. The molecule has 1 saturated heterocycles. The van der Waals surface area contributed by atoms with E-state index >= 15 is 0 Å². The molecule has 1 fully saturated rings. The number of carbonyl (C=O) groups is 3. The van der Waals surface area contributed by atoms with Crippen molar-refractivity contribution in [2.45, 2.75) is 30.3 Å². The number of piperidine rings is 1. The van der Waals surface area contributed by atoms with Gasteiger partial charge >= 0.3 is 0 Å². The standard InChI is InChI=1S/C17H15N3O5S2/c21-15-4-3-14(16(22)18-15)20-8-10-7-11(1-2-13(10)17(20)23)19-27(24,25)12-5-6-26-9-12/h1-2,5-7,9,14,19H,3-4,8H2,(H,18,21,22). The second-order valence-corrected chi connectivity index (χ2v) is 8.80. The Hall–Kier alpha value is -2.72. The summed E-state index contributed by atoms with van der Waals surface area (Å²) in [4.78, 5) is 37.6. The molecule has 0 radical (unpaired) electrons. The minimum atomic E-state index is -3.69. The molecule has 2 aliphatic rings. The second-order valence-electron chi connectivity index (χ2n) is 6.34. The van der Waals surface area contributed by atoms with E-state index in [9.17, 15) is 22.8 Å². The first-order valence-corrected chi connectivity index (χ1v) is 10.6. The highest BCUT2D eigenvalue weighted by Crippen LogP contribution is 2.30. The number of anilines is 1. The van der Waals surface area contributed by atoms with Gasteiger partial charge in [-0.2, -0.15) is 11.3 Å². The van der Waals surface area contributed by atoms with Crippen LogP contribution in [0.1, 0.15) is 28.8 Å². The second kappa shape index (κ2) is 6.46. The van der Waals surface area contributed by atoms with Gasteiger partial charge in [0.1, 0.15) is 6.04 Å². The lowest BCUT2D eigenvalue weighted by Crippen LogP contribution is -2.52. The summed E-state index contributed by atoms with van der Waals surface area (Å²) in [5.41, 5.74) is 1.41. The molecule has 4 rings (SSSR count). The lowest BCUT2D eigenvalue weighted by atomic mass is 10.0. The van der Waals surface area contributed by atoms with Gasteiger partial charge in [0.15, 0.2) is 0 Å². The predicted molar refractivity (Wildman–Crippen MR) is 97.6 cm³/mol. The maximum Gasteiger partial charge on any atom is 0.262 e. The van der Waals surface area contributed by atoms with Crippen molar-refractivity contribution >= 4 is 44.8 Å². The van der Waals surface area contributed by atoms with Gasteiger partial charge in [-0.15, -0.1) is 0 Å². The number of thiophene rings is 1. The molecule has 0 saturated carbocycles. The van der Waals surface area contributed by atoms with Crippen LogP contribution < -0.4 is 10.0 Å². The van der Waals surface area contributed by atoms with Gasteiger partial charge in [0.25, 0.3) is 15.9 Å². The van der Waals surface area contributed by atoms with Crippen LogP contribution in [-0.4, -0.2) is 37.1 Å². The van der Waals surface area contributed by atoms with Gasteiger partial charge in [0.2, 0.25) is 11.8 Å². The third-order valence-electron chi connectivity index (χ3n) is 4.58. The molecule has 2 aliphatic heterocycles. The minimum Gasteiger partial charge on any atom is -0.322 e. The number of rotatable bonds is 4. The molecule has 0 aliphatic carbocycles. The first-order valence-electron chi connectivity index (χ1n) is 8.18. The average Bonchev–Trinajstić information content (AvgIpc) is 3.24.